The van der Waals surface area contributed by atoms with Gasteiger partial charge in [-0.1, -0.05) is 6.92 Å². The fourth-order valence-corrected chi connectivity index (χ4v) is 5.59. The summed E-state index contributed by atoms with van der Waals surface area (Å²) in [4.78, 5) is 14.4. The summed E-state index contributed by atoms with van der Waals surface area (Å²) in [6.45, 7) is 2.77. The SMILES string of the molecule is CC[C@@H]1C[C@H](NS(=O)(=O)C2CC2)CN1c1ncc2cnc3[nH]ccc3n12. The van der Waals surface area contributed by atoms with Crippen LogP contribution in [0.4, 0.5) is 5.95 Å². The summed E-state index contributed by atoms with van der Waals surface area (Å²) in [5, 5.41) is -0.186. The standard InChI is InChI=1S/C17H22N6O2S/c1-2-12-7-11(21-26(24,25)14-3-4-14)10-22(12)17-20-9-13-8-19-16-15(23(13)17)5-6-18-16/h5-6,8-9,11-12,14,18,21H,2-4,7,10H2,1H3/t11-,12+/m0/s1. The molecule has 0 unspecified atom stereocenters. The van der Waals surface area contributed by atoms with Gasteiger partial charge in [-0.2, -0.15) is 0 Å². The highest BCUT2D eigenvalue weighted by Crippen LogP contribution is 2.32. The Hall–Kier alpha value is -2.13. The Kier molecular flexibility index (Phi) is 3.51. The van der Waals surface area contributed by atoms with E-state index in [-0.39, 0.29) is 17.3 Å². The van der Waals surface area contributed by atoms with Crippen LogP contribution in [0, 0.1) is 0 Å². The van der Waals surface area contributed by atoms with Crippen molar-refractivity contribution in [3.8, 4) is 0 Å². The maximum atomic E-state index is 12.3. The minimum atomic E-state index is -3.18. The molecule has 26 heavy (non-hydrogen) atoms. The quantitative estimate of drug-likeness (QED) is 0.708. The van der Waals surface area contributed by atoms with Crippen LogP contribution in [0.2, 0.25) is 0 Å². The van der Waals surface area contributed by atoms with Gasteiger partial charge in [-0.15, -0.1) is 0 Å². The topological polar surface area (TPSA) is 95.4 Å². The van der Waals surface area contributed by atoms with Gasteiger partial charge in [-0.05, 0) is 31.7 Å². The molecule has 0 bridgehead atoms. The van der Waals surface area contributed by atoms with Crippen molar-refractivity contribution in [3.05, 3.63) is 24.7 Å². The first-order chi connectivity index (χ1) is 12.6. The van der Waals surface area contributed by atoms with Crippen LogP contribution in [-0.2, 0) is 10.0 Å². The van der Waals surface area contributed by atoms with Gasteiger partial charge >= 0.3 is 0 Å². The largest absolute Gasteiger partial charge is 0.345 e. The Balaban J connectivity index is 1.50. The summed E-state index contributed by atoms with van der Waals surface area (Å²) in [5.74, 6) is 0.854. The lowest BCUT2D eigenvalue weighted by atomic mass is 10.1. The Labute approximate surface area is 151 Å². The zero-order valence-corrected chi connectivity index (χ0v) is 15.4. The van der Waals surface area contributed by atoms with Crippen molar-refractivity contribution in [2.24, 2.45) is 0 Å². The molecule has 1 saturated carbocycles. The van der Waals surface area contributed by atoms with Crippen LogP contribution in [0.1, 0.15) is 32.6 Å². The van der Waals surface area contributed by atoms with Gasteiger partial charge in [-0.3, -0.25) is 4.40 Å². The third-order valence-electron chi connectivity index (χ3n) is 5.48. The second-order valence-corrected chi connectivity index (χ2v) is 9.29. The second-order valence-electron chi connectivity index (χ2n) is 7.30. The first-order valence-corrected chi connectivity index (χ1v) is 10.7. The zero-order chi connectivity index (χ0) is 17.9. The molecule has 2 aliphatic rings. The van der Waals surface area contributed by atoms with Crippen molar-refractivity contribution in [3.63, 3.8) is 0 Å². The molecular weight excluding hydrogens is 352 g/mol. The minimum absolute atomic E-state index is 0.0681. The van der Waals surface area contributed by atoms with E-state index < -0.39 is 10.0 Å². The normalized spacial score (nSPS) is 24.1. The van der Waals surface area contributed by atoms with Gasteiger partial charge in [0, 0.05) is 24.8 Å². The molecular formula is C17H22N6O2S. The van der Waals surface area contributed by atoms with Crippen LogP contribution >= 0.6 is 0 Å². The van der Waals surface area contributed by atoms with Gasteiger partial charge in [0.1, 0.15) is 0 Å². The highest BCUT2D eigenvalue weighted by Gasteiger charge is 2.40. The van der Waals surface area contributed by atoms with Crippen LogP contribution in [0.25, 0.3) is 16.7 Å². The molecule has 1 aliphatic heterocycles. The highest BCUT2D eigenvalue weighted by molar-refractivity contribution is 7.90. The van der Waals surface area contributed by atoms with E-state index in [1.165, 1.54) is 0 Å². The number of aromatic amines is 1. The highest BCUT2D eigenvalue weighted by atomic mass is 32.2. The molecule has 1 saturated heterocycles. The maximum Gasteiger partial charge on any atom is 0.214 e. The predicted octanol–water partition coefficient (Wildman–Crippen LogP) is 1.65. The fraction of sp³-hybridized carbons (Fsp3) is 0.529. The number of fused-ring (bicyclic) bond motifs is 3. The van der Waals surface area contributed by atoms with Crippen LogP contribution in [0.5, 0.6) is 0 Å². The van der Waals surface area contributed by atoms with E-state index >= 15 is 0 Å². The molecule has 5 rings (SSSR count). The van der Waals surface area contributed by atoms with Crippen LogP contribution < -0.4 is 9.62 Å². The van der Waals surface area contributed by atoms with E-state index in [1.807, 2.05) is 18.5 Å². The number of hydrogen-bond donors (Lipinski definition) is 2. The molecule has 1 aliphatic carbocycles. The third-order valence-corrected chi connectivity index (χ3v) is 7.49. The average Bonchev–Trinajstić information content (AvgIpc) is 3.06. The van der Waals surface area contributed by atoms with Crippen LogP contribution in [0.15, 0.2) is 24.7 Å². The molecule has 4 heterocycles. The lowest BCUT2D eigenvalue weighted by Crippen LogP contribution is -2.39. The van der Waals surface area contributed by atoms with Gasteiger partial charge in [0.25, 0.3) is 0 Å². The van der Waals surface area contributed by atoms with Gasteiger partial charge in [-0.25, -0.2) is 23.1 Å². The number of rotatable bonds is 5. The lowest BCUT2D eigenvalue weighted by molar-refractivity contribution is 0.550. The van der Waals surface area contributed by atoms with E-state index in [1.54, 1.807) is 6.20 Å². The molecule has 2 fully saturated rings. The number of imidazole rings is 1. The molecule has 2 atom stereocenters. The number of H-pyrrole nitrogens is 1. The van der Waals surface area contributed by atoms with Crippen molar-refractivity contribution < 1.29 is 8.42 Å². The van der Waals surface area contributed by atoms with E-state index in [0.29, 0.717) is 6.54 Å². The van der Waals surface area contributed by atoms with Crippen molar-refractivity contribution in [1.82, 2.24) is 24.1 Å². The molecule has 0 aromatic carbocycles. The zero-order valence-electron chi connectivity index (χ0n) is 14.6. The van der Waals surface area contributed by atoms with Crippen molar-refractivity contribution in [2.45, 2.75) is 49.9 Å². The number of sulfonamides is 1. The van der Waals surface area contributed by atoms with Gasteiger partial charge in [0.15, 0.2) is 5.65 Å². The number of hydrogen-bond acceptors (Lipinski definition) is 5. The van der Waals surface area contributed by atoms with E-state index in [9.17, 15) is 8.42 Å². The molecule has 0 spiro atoms. The summed E-state index contributed by atoms with van der Waals surface area (Å²) >= 11 is 0. The fourth-order valence-electron chi connectivity index (χ4n) is 4.00. The molecule has 0 amide bonds. The number of nitrogens with zero attached hydrogens (tertiary/aromatic N) is 4. The summed E-state index contributed by atoms with van der Waals surface area (Å²) in [5.41, 5.74) is 2.73. The summed E-state index contributed by atoms with van der Waals surface area (Å²) in [7, 11) is -3.18. The number of anilines is 1. The van der Waals surface area contributed by atoms with Crippen LogP contribution in [0.3, 0.4) is 0 Å². The number of nitrogens with one attached hydrogen (secondary N) is 2. The monoisotopic (exact) mass is 374 g/mol. The summed E-state index contributed by atoms with van der Waals surface area (Å²) < 4.78 is 29.7. The Morgan fingerprint density at radius 2 is 2.12 bits per heavy atom. The molecule has 2 N–H and O–H groups in total. The molecule has 3 aromatic heterocycles. The lowest BCUT2D eigenvalue weighted by Gasteiger charge is -2.24. The summed E-state index contributed by atoms with van der Waals surface area (Å²) in [6, 6.07) is 2.18. The van der Waals surface area contributed by atoms with E-state index in [2.05, 4.69) is 35.9 Å². The van der Waals surface area contributed by atoms with Gasteiger partial charge < -0.3 is 9.88 Å². The molecule has 0 radical (unpaired) electrons. The van der Waals surface area contributed by atoms with E-state index in [0.717, 1.165) is 48.3 Å². The van der Waals surface area contributed by atoms with Crippen molar-refractivity contribution in [1.29, 1.82) is 0 Å². The number of aromatic nitrogens is 4. The van der Waals surface area contributed by atoms with Crippen molar-refractivity contribution in [2.75, 3.05) is 11.4 Å². The molecule has 3 aromatic rings. The first-order valence-electron chi connectivity index (χ1n) is 9.14. The van der Waals surface area contributed by atoms with Crippen molar-refractivity contribution >= 4 is 32.7 Å². The Morgan fingerprint density at radius 1 is 1.31 bits per heavy atom. The van der Waals surface area contributed by atoms with Gasteiger partial charge in [0.2, 0.25) is 16.0 Å². The van der Waals surface area contributed by atoms with Gasteiger partial charge in [0.05, 0.1) is 28.7 Å². The predicted molar refractivity (Wildman–Crippen MR) is 99.8 cm³/mol. The molecule has 8 nitrogen and oxygen atoms in total. The van der Waals surface area contributed by atoms with Crippen LogP contribution in [-0.4, -0.2) is 51.6 Å². The second kappa shape index (κ2) is 5.68. The van der Waals surface area contributed by atoms with E-state index in [4.69, 9.17) is 0 Å². The Morgan fingerprint density at radius 3 is 2.88 bits per heavy atom. The Bertz CT molecular complexity index is 1070. The average molecular weight is 374 g/mol. The molecule has 138 valence electrons. The first kappa shape index (κ1) is 16.1. The minimum Gasteiger partial charge on any atom is -0.345 e. The smallest absolute Gasteiger partial charge is 0.214 e. The third kappa shape index (κ3) is 2.49. The molecule has 9 heteroatoms. The summed E-state index contributed by atoms with van der Waals surface area (Å²) in [6.07, 6.45) is 8.81. The maximum absolute atomic E-state index is 12.3.